The van der Waals surface area contributed by atoms with Gasteiger partial charge in [0.25, 0.3) is 5.91 Å². The van der Waals surface area contributed by atoms with E-state index >= 15 is 0 Å². The molecule has 1 fully saturated rings. The van der Waals surface area contributed by atoms with Crippen LogP contribution in [0.3, 0.4) is 0 Å². The molecule has 2 aliphatic rings. The van der Waals surface area contributed by atoms with Crippen molar-refractivity contribution >= 4 is 41.1 Å². The van der Waals surface area contributed by atoms with Crippen molar-refractivity contribution in [2.24, 2.45) is 0 Å². The van der Waals surface area contributed by atoms with Crippen molar-refractivity contribution in [1.29, 1.82) is 0 Å². The van der Waals surface area contributed by atoms with Crippen LogP contribution in [0.15, 0.2) is 29.2 Å². The highest BCUT2D eigenvalue weighted by Gasteiger charge is 2.30. The summed E-state index contributed by atoms with van der Waals surface area (Å²) < 4.78 is 4.82. The molecule has 0 spiro atoms. The van der Waals surface area contributed by atoms with Crippen LogP contribution in [0.5, 0.6) is 0 Å². The first-order valence-electron chi connectivity index (χ1n) is 7.85. The van der Waals surface area contributed by atoms with Crippen LogP contribution in [0.2, 0.25) is 0 Å². The molecule has 0 aliphatic carbocycles. The number of hydrazine groups is 1. The third-order valence-corrected chi connectivity index (χ3v) is 5.06. The molecule has 1 unspecified atom stereocenters. The lowest BCUT2D eigenvalue weighted by molar-refractivity contribution is -0.148. The van der Waals surface area contributed by atoms with Gasteiger partial charge < -0.3 is 10.1 Å². The Morgan fingerprint density at radius 2 is 2.04 bits per heavy atom. The van der Waals surface area contributed by atoms with E-state index in [1.807, 2.05) is 24.3 Å². The number of rotatable bonds is 3. The van der Waals surface area contributed by atoms with Crippen LogP contribution in [0.25, 0.3) is 0 Å². The van der Waals surface area contributed by atoms with Gasteiger partial charge in [-0.1, -0.05) is 12.1 Å². The van der Waals surface area contributed by atoms with Crippen LogP contribution in [0, 0.1) is 0 Å². The summed E-state index contributed by atoms with van der Waals surface area (Å²) in [6.07, 6.45) is -0.106. The Morgan fingerprint density at radius 1 is 1.24 bits per heavy atom. The maximum absolute atomic E-state index is 12.0. The SMILES string of the molecule is O=C(CC1CC(=O)Nc2ccccc2S1)NNC(=O)[C@@H]1CCC(=O)O1. The third-order valence-electron chi connectivity index (χ3n) is 3.78. The van der Waals surface area contributed by atoms with Crippen molar-refractivity contribution < 1.29 is 23.9 Å². The summed E-state index contributed by atoms with van der Waals surface area (Å²) in [4.78, 5) is 47.7. The number of para-hydroxylation sites is 1. The first kappa shape index (κ1) is 17.3. The largest absolute Gasteiger partial charge is 0.452 e. The Kier molecular flexibility index (Phi) is 5.22. The Labute approximate surface area is 148 Å². The summed E-state index contributed by atoms with van der Waals surface area (Å²) in [6.45, 7) is 0. The molecule has 3 rings (SSSR count). The number of anilines is 1. The second-order valence-electron chi connectivity index (χ2n) is 5.75. The molecule has 1 aromatic rings. The lowest BCUT2D eigenvalue weighted by atomic mass is 10.2. The molecule has 8 nitrogen and oxygen atoms in total. The van der Waals surface area contributed by atoms with Crippen molar-refractivity contribution in [2.45, 2.75) is 41.9 Å². The number of nitrogens with one attached hydrogen (secondary N) is 3. The minimum atomic E-state index is -0.863. The Hall–Kier alpha value is -2.55. The molecule has 2 heterocycles. The topological polar surface area (TPSA) is 114 Å². The second-order valence-corrected chi connectivity index (χ2v) is 7.09. The molecule has 9 heteroatoms. The van der Waals surface area contributed by atoms with E-state index in [0.717, 1.165) is 10.6 Å². The highest BCUT2D eigenvalue weighted by molar-refractivity contribution is 8.00. The number of esters is 1. The van der Waals surface area contributed by atoms with Crippen molar-refractivity contribution in [2.75, 3.05) is 5.32 Å². The highest BCUT2D eigenvalue weighted by Crippen LogP contribution is 2.36. The van der Waals surface area contributed by atoms with Gasteiger partial charge in [0.15, 0.2) is 6.10 Å². The number of cyclic esters (lactones) is 1. The fourth-order valence-corrected chi connectivity index (χ4v) is 3.83. The van der Waals surface area contributed by atoms with E-state index in [-0.39, 0.29) is 30.4 Å². The maximum atomic E-state index is 12.0. The van der Waals surface area contributed by atoms with Crippen LogP contribution in [0.1, 0.15) is 25.7 Å². The molecule has 0 bridgehead atoms. The van der Waals surface area contributed by atoms with Crippen LogP contribution < -0.4 is 16.2 Å². The van der Waals surface area contributed by atoms with Crippen LogP contribution in [-0.4, -0.2) is 35.0 Å². The number of fused-ring (bicyclic) bond motifs is 1. The molecule has 3 N–H and O–H groups in total. The number of carbonyl (C=O) groups is 4. The number of thioether (sulfide) groups is 1. The molecule has 2 aliphatic heterocycles. The number of benzene rings is 1. The lowest BCUT2D eigenvalue weighted by Crippen LogP contribution is -2.47. The smallest absolute Gasteiger partial charge is 0.306 e. The van der Waals surface area contributed by atoms with Gasteiger partial charge in [0, 0.05) is 35.8 Å². The lowest BCUT2D eigenvalue weighted by Gasteiger charge is -2.14. The van der Waals surface area contributed by atoms with Gasteiger partial charge in [-0.15, -0.1) is 11.8 Å². The van der Waals surface area contributed by atoms with E-state index in [1.54, 1.807) is 0 Å². The molecule has 0 saturated carbocycles. The zero-order valence-electron chi connectivity index (χ0n) is 13.2. The Balaban J connectivity index is 1.51. The van der Waals surface area contributed by atoms with E-state index in [4.69, 9.17) is 4.74 Å². The molecule has 2 atom stereocenters. The van der Waals surface area contributed by atoms with Crippen LogP contribution >= 0.6 is 11.8 Å². The number of hydrogen-bond acceptors (Lipinski definition) is 6. The van der Waals surface area contributed by atoms with E-state index in [2.05, 4.69) is 16.2 Å². The first-order valence-corrected chi connectivity index (χ1v) is 8.73. The predicted molar refractivity (Wildman–Crippen MR) is 89.4 cm³/mol. The number of hydrogen-bond donors (Lipinski definition) is 3. The number of amides is 3. The first-order chi connectivity index (χ1) is 12.0. The highest BCUT2D eigenvalue weighted by atomic mass is 32.2. The summed E-state index contributed by atoms with van der Waals surface area (Å²) >= 11 is 1.44. The zero-order valence-corrected chi connectivity index (χ0v) is 14.1. The van der Waals surface area contributed by atoms with Crippen molar-refractivity contribution in [1.82, 2.24) is 10.9 Å². The quantitative estimate of drug-likeness (QED) is 0.539. The van der Waals surface area contributed by atoms with Gasteiger partial charge in [0.1, 0.15) is 0 Å². The van der Waals surface area contributed by atoms with Crippen molar-refractivity contribution in [3.63, 3.8) is 0 Å². The number of carbonyl (C=O) groups excluding carboxylic acids is 4. The molecule has 25 heavy (non-hydrogen) atoms. The van der Waals surface area contributed by atoms with Crippen LogP contribution in [-0.2, 0) is 23.9 Å². The summed E-state index contributed by atoms with van der Waals surface area (Å²) in [5, 5.41) is 2.56. The van der Waals surface area contributed by atoms with E-state index < -0.39 is 23.9 Å². The van der Waals surface area contributed by atoms with Gasteiger partial charge in [-0.25, -0.2) is 0 Å². The predicted octanol–water partition coefficient (Wildman–Crippen LogP) is 0.733. The van der Waals surface area contributed by atoms with Gasteiger partial charge in [-0.2, -0.15) is 0 Å². The fraction of sp³-hybridized carbons (Fsp3) is 0.375. The monoisotopic (exact) mass is 363 g/mol. The molecule has 0 radical (unpaired) electrons. The van der Waals surface area contributed by atoms with Gasteiger partial charge in [0.05, 0.1) is 5.69 Å². The van der Waals surface area contributed by atoms with E-state index in [0.29, 0.717) is 6.42 Å². The van der Waals surface area contributed by atoms with Crippen molar-refractivity contribution in [3.05, 3.63) is 24.3 Å². The summed E-state index contributed by atoms with van der Waals surface area (Å²) in [7, 11) is 0. The molecular weight excluding hydrogens is 346 g/mol. The van der Waals surface area contributed by atoms with Gasteiger partial charge in [0.2, 0.25) is 11.8 Å². The second kappa shape index (κ2) is 7.56. The number of ether oxygens (including phenoxy) is 1. The Morgan fingerprint density at radius 3 is 2.80 bits per heavy atom. The molecular formula is C16H17N3O5S. The average molecular weight is 363 g/mol. The molecule has 0 aromatic heterocycles. The third kappa shape index (κ3) is 4.50. The normalized spacial score (nSPS) is 22.2. The van der Waals surface area contributed by atoms with Crippen LogP contribution in [0.4, 0.5) is 5.69 Å². The molecule has 3 amide bonds. The van der Waals surface area contributed by atoms with E-state index in [1.165, 1.54) is 11.8 Å². The molecule has 132 valence electrons. The average Bonchev–Trinajstić information content (AvgIpc) is 2.93. The molecule has 1 aromatic carbocycles. The van der Waals surface area contributed by atoms with Gasteiger partial charge in [-0.3, -0.25) is 30.0 Å². The minimum absolute atomic E-state index is 0.0666. The maximum Gasteiger partial charge on any atom is 0.306 e. The fourth-order valence-electron chi connectivity index (χ4n) is 2.60. The van der Waals surface area contributed by atoms with Gasteiger partial charge >= 0.3 is 5.97 Å². The summed E-state index contributed by atoms with van der Waals surface area (Å²) in [6, 6.07) is 7.39. The summed E-state index contributed by atoms with van der Waals surface area (Å²) in [5.41, 5.74) is 5.29. The standard InChI is InChI=1S/C16H17N3O5S/c20-13-7-9(25-12-4-2-1-3-10(12)17-13)8-14(21)18-19-16(23)11-5-6-15(22)24-11/h1-4,9,11H,5-8H2,(H,17,20)(H,18,21)(H,19,23)/t9?,11-/m0/s1. The van der Waals surface area contributed by atoms with E-state index in [9.17, 15) is 19.2 Å². The Bertz CT molecular complexity index is 723. The molecule has 1 saturated heterocycles. The van der Waals surface area contributed by atoms with Crippen molar-refractivity contribution in [3.8, 4) is 0 Å². The zero-order chi connectivity index (χ0) is 17.8. The minimum Gasteiger partial charge on any atom is -0.452 e. The van der Waals surface area contributed by atoms with Gasteiger partial charge in [-0.05, 0) is 12.1 Å². The summed E-state index contributed by atoms with van der Waals surface area (Å²) in [5.74, 6) is -1.55.